The molecule has 0 aromatic carbocycles. The van der Waals surface area contributed by atoms with E-state index in [0.29, 0.717) is 6.54 Å². The lowest BCUT2D eigenvalue weighted by Gasteiger charge is -2.20. The molecule has 1 atom stereocenters. The van der Waals surface area contributed by atoms with Crippen LogP contribution in [-0.2, 0) is 6.54 Å². The average Bonchev–Trinajstić information content (AvgIpc) is 2.63. The van der Waals surface area contributed by atoms with Crippen LogP contribution < -0.4 is 10.5 Å². The van der Waals surface area contributed by atoms with Gasteiger partial charge in [0.1, 0.15) is 6.61 Å². The Balaban J connectivity index is 2.23. The van der Waals surface area contributed by atoms with Crippen molar-refractivity contribution in [2.45, 2.75) is 12.6 Å². The molecule has 1 aromatic rings. The van der Waals surface area contributed by atoms with Gasteiger partial charge in [0, 0.05) is 12.7 Å². The van der Waals surface area contributed by atoms with Crippen LogP contribution in [0.5, 0.6) is 6.01 Å². The zero-order valence-corrected chi connectivity index (χ0v) is 8.60. The molecule has 2 N–H and O–H groups in total. The molecule has 0 radical (unpaired) electrons. The third-order valence-corrected chi connectivity index (χ3v) is 2.51. The predicted molar refractivity (Wildman–Crippen MR) is 53.2 cm³/mol. The van der Waals surface area contributed by atoms with Gasteiger partial charge >= 0.3 is 0 Å². The number of hydrogen-bond donors (Lipinski definition) is 1. The Morgan fingerprint density at radius 3 is 3.07 bits per heavy atom. The van der Waals surface area contributed by atoms with E-state index in [0.717, 1.165) is 24.9 Å². The quantitative estimate of drug-likeness (QED) is 0.729. The third kappa shape index (κ3) is 1.49. The van der Waals surface area contributed by atoms with Crippen LogP contribution in [0.4, 0.5) is 0 Å². The van der Waals surface area contributed by atoms with E-state index in [2.05, 4.69) is 9.88 Å². The molecule has 0 spiro atoms. The van der Waals surface area contributed by atoms with E-state index in [-0.39, 0.29) is 6.04 Å². The van der Waals surface area contributed by atoms with Crippen molar-refractivity contribution in [3.8, 4) is 6.01 Å². The molecule has 5 heteroatoms. The molecule has 2 heterocycles. The number of fused-ring (bicyclic) bond motifs is 1. The van der Waals surface area contributed by atoms with Gasteiger partial charge in [-0.05, 0) is 14.1 Å². The molecule has 0 saturated carbocycles. The normalized spacial score (nSPS) is 16.9. The lowest BCUT2D eigenvalue weighted by molar-refractivity contribution is 0.295. The number of hydrogen-bond acceptors (Lipinski definition) is 4. The maximum absolute atomic E-state index is 5.69. The van der Waals surface area contributed by atoms with Crippen LogP contribution in [0.3, 0.4) is 0 Å². The second-order valence-electron chi connectivity index (χ2n) is 3.71. The summed E-state index contributed by atoms with van der Waals surface area (Å²) >= 11 is 0. The zero-order valence-electron chi connectivity index (χ0n) is 8.60. The second kappa shape index (κ2) is 3.59. The first-order chi connectivity index (χ1) is 6.72. The molecule has 1 unspecified atom stereocenters. The molecule has 0 bridgehead atoms. The molecule has 0 fully saturated rings. The Morgan fingerprint density at radius 2 is 2.50 bits per heavy atom. The van der Waals surface area contributed by atoms with Crippen molar-refractivity contribution in [2.75, 3.05) is 27.2 Å². The first kappa shape index (κ1) is 9.48. The molecule has 1 aliphatic heterocycles. The van der Waals surface area contributed by atoms with Crippen LogP contribution >= 0.6 is 0 Å². The van der Waals surface area contributed by atoms with Gasteiger partial charge < -0.3 is 10.5 Å². The average molecular weight is 196 g/mol. The van der Waals surface area contributed by atoms with Crippen molar-refractivity contribution in [3.05, 3.63) is 11.9 Å². The minimum atomic E-state index is 0.178. The van der Waals surface area contributed by atoms with Gasteiger partial charge in [-0.25, -0.2) is 0 Å². The number of nitrogens with zero attached hydrogens (tertiary/aromatic N) is 3. The summed E-state index contributed by atoms with van der Waals surface area (Å²) in [5, 5.41) is 0. The maximum atomic E-state index is 5.69. The fourth-order valence-corrected chi connectivity index (χ4v) is 1.69. The summed E-state index contributed by atoms with van der Waals surface area (Å²) in [5.74, 6) is 0. The van der Waals surface area contributed by atoms with Crippen LogP contribution in [0.15, 0.2) is 6.20 Å². The molecule has 0 saturated heterocycles. The topological polar surface area (TPSA) is 56.3 Å². The number of ether oxygens (including phenoxy) is 1. The predicted octanol–water partition coefficient (Wildman–Crippen LogP) is -0.163. The lowest BCUT2D eigenvalue weighted by atomic mass is 10.2. The SMILES string of the molecule is CN(C)C(CN)c1cn2c(n1)OCC2. The molecule has 0 aliphatic carbocycles. The fraction of sp³-hybridized carbons (Fsp3) is 0.667. The summed E-state index contributed by atoms with van der Waals surface area (Å²) in [5.41, 5.74) is 6.69. The van der Waals surface area contributed by atoms with Crippen LogP contribution in [0.2, 0.25) is 0 Å². The summed E-state index contributed by atoms with van der Waals surface area (Å²) in [6, 6.07) is 0.900. The Labute approximate surface area is 83.5 Å². The van der Waals surface area contributed by atoms with Gasteiger partial charge in [0.05, 0.1) is 18.3 Å². The smallest absolute Gasteiger partial charge is 0.296 e. The molecular weight excluding hydrogens is 180 g/mol. The van der Waals surface area contributed by atoms with E-state index in [9.17, 15) is 0 Å². The summed E-state index contributed by atoms with van der Waals surface area (Å²) in [4.78, 5) is 6.47. The van der Waals surface area contributed by atoms with Crippen LogP contribution in [0.25, 0.3) is 0 Å². The Bertz CT molecular complexity index is 299. The molecule has 2 rings (SSSR count). The molecule has 1 aliphatic rings. The summed E-state index contributed by atoms with van der Waals surface area (Å²) in [6.07, 6.45) is 2.03. The van der Waals surface area contributed by atoms with Gasteiger partial charge in [-0.1, -0.05) is 0 Å². The Kier molecular flexibility index (Phi) is 2.43. The van der Waals surface area contributed by atoms with E-state index in [1.807, 2.05) is 24.9 Å². The van der Waals surface area contributed by atoms with Crippen molar-refractivity contribution in [2.24, 2.45) is 5.73 Å². The molecule has 14 heavy (non-hydrogen) atoms. The monoisotopic (exact) mass is 196 g/mol. The highest BCUT2D eigenvalue weighted by atomic mass is 16.5. The zero-order chi connectivity index (χ0) is 10.1. The van der Waals surface area contributed by atoms with Crippen molar-refractivity contribution >= 4 is 0 Å². The van der Waals surface area contributed by atoms with Crippen LogP contribution in [-0.4, -0.2) is 41.7 Å². The molecule has 0 amide bonds. The van der Waals surface area contributed by atoms with Crippen LogP contribution in [0, 0.1) is 0 Å². The van der Waals surface area contributed by atoms with E-state index in [1.54, 1.807) is 0 Å². The van der Waals surface area contributed by atoms with E-state index in [1.165, 1.54) is 0 Å². The van der Waals surface area contributed by atoms with Crippen molar-refractivity contribution < 1.29 is 4.74 Å². The van der Waals surface area contributed by atoms with Crippen molar-refractivity contribution in [1.82, 2.24) is 14.5 Å². The highest BCUT2D eigenvalue weighted by Gasteiger charge is 2.21. The Hall–Kier alpha value is -1.07. The van der Waals surface area contributed by atoms with Gasteiger partial charge in [0.15, 0.2) is 0 Å². The van der Waals surface area contributed by atoms with E-state index < -0.39 is 0 Å². The number of likely N-dealkylation sites (N-methyl/N-ethyl adjacent to an activating group) is 1. The van der Waals surface area contributed by atoms with Crippen molar-refractivity contribution in [1.29, 1.82) is 0 Å². The largest absolute Gasteiger partial charge is 0.463 e. The van der Waals surface area contributed by atoms with Crippen LogP contribution in [0.1, 0.15) is 11.7 Å². The lowest BCUT2D eigenvalue weighted by Crippen LogP contribution is -2.27. The third-order valence-electron chi connectivity index (χ3n) is 2.51. The summed E-state index contributed by atoms with van der Waals surface area (Å²) < 4.78 is 7.38. The fourth-order valence-electron chi connectivity index (χ4n) is 1.69. The van der Waals surface area contributed by atoms with Gasteiger partial charge in [-0.15, -0.1) is 0 Å². The second-order valence-corrected chi connectivity index (χ2v) is 3.71. The van der Waals surface area contributed by atoms with Crippen molar-refractivity contribution in [3.63, 3.8) is 0 Å². The molecule has 78 valence electrons. The first-order valence-corrected chi connectivity index (χ1v) is 4.78. The first-order valence-electron chi connectivity index (χ1n) is 4.78. The number of rotatable bonds is 3. The van der Waals surface area contributed by atoms with E-state index >= 15 is 0 Å². The summed E-state index contributed by atoms with van der Waals surface area (Å²) in [6.45, 7) is 2.20. The molecule has 1 aromatic heterocycles. The number of imidazole rings is 1. The molecule has 5 nitrogen and oxygen atoms in total. The highest BCUT2D eigenvalue weighted by molar-refractivity contribution is 5.14. The maximum Gasteiger partial charge on any atom is 0.296 e. The number of nitrogens with two attached hydrogens (primary N) is 1. The van der Waals surface area contributed by atoms with Gasteiger partial charge in [-0.3, -0.25) is 9.47 Å². The Morgan fingerprint density at radius 1 is 1.71 bits per heavy atom. The van der Waals surface area contributed by atoms with Gasteiger partial charge in [-0.2, -0.15) is 4.98 Å². The highest BCUT2D eigenvalue weighted by Crippen LogP contribution is 2.22. The minimum Gasteiger partial charge on any atom is -0.463 e. The van der Waals surface area contributed by atoms with Gasteiger partial charge in [0.25, 0.3) is 6.01 Å². The van der Waals surface area contributed by atoms with Gasteiger partial charge in [0.2, 0.25) is 0 Å². The summed E-state index contributed by atoms with van der Waals surface area (Å²) in [7, 11) is 4.01. The molecular formula is C9H16N4O. The standard InChI is InChI=1S/C9H16N4O/c1-12(2)8(5-10)7-6-13-3-4-14-9(13)11-7/h6,8H,3-5,10H2,1-2H3. The number of aromatic nitrogens is 2. The minimum absolute atomic E-state index is 0.178. The van der Waals surface area contributed by atoms with E-state index in [4.69, 9.17) is 10.5 Å².